The lowest BCUT2D eigenvalue weighted by Gasteiger charge is -2.11. The van der Waals surface area contributed by atoms with Crippen LogP contribution in [0.25, 0.3) is 0 Å². The van der Waals surface area contributed by atoms with Crippen LogP contribution in [0, 0.1) is 5.82 Å². The molecule has 0 aromatic heterocycles. The highest BCUT2D eigenvalue weighted by atomic mass is 32.2. The molecule has 0 unspecified atom stereocenters. The molecule has 0 atom stereocenters. The van der Waals surface area contributed by atoms with Crippen LogP contribution in [0.1, 0.15) is 0 Å². The number of sulfonamides is 1. The Morgan fingerprint density at radius 3 is 2.36 bits per heavy atom. The number of nitrogens with zero attached hydrogens (tertiary/aromatic N) is 1. The zero-order valence-electron chi connectivity index (χ0n) is 7.86. The van der Waals surface area contributed by atoms with Crippen molar-refractivity contribution >= 4 is 15.7 Å². The first-order valence-electron chi connectivity index (χ1n) is 3.83. The standard InChI is InChI=1S/C8H11FN2O2S/c1-11(2)14(12,13)6-3-4-8(10)7(9)5-6/h3-5H,10H2,1-2H3. The lowest BCUT2D eigenvalue weighted by Crippen LogP contribution is -2.22. The van der Waals surface area contributed by atoms with Crippen molar-refractivity contribution in [3.63, 3.8) is 0 Å². The summed E-state index contributed by atoms with van der Waals surface area (Å²) in [5.41, 5.74) is 5.16. The van der Waals surface area contributed by atoms with Gasteiger partial charge in [0, 0.05) is 14.1 Å². The molecule has 14 heavy (non-hydrogen) atoms. The molecule has 0 aliphatic heterocycles. The average molecular weight is 218 g/mol. The summed E-state index contributed by atoms with van der Waals surface area (Å²) in [6.45, 7) is 0. The highest BCUT2D eigenvalue weighted by Gasteiger charge is 2.17. The van der Waals surface area contributed by atoms with E-state index in [4.69, 9.17) is 5.73 Å². The molecular formula is C8H11FN2O2S. The predicted octanol–water partition coefficient (Wildman–Crippen LogP) is 0.658. The summed E-state index contributed by atoms with van der Waals surface area (Å²) in [5, 5.41) is 0. The first-order valence-corrected chi connectivity index (χ1v) is 5.27. The lowest BCUT2D eigenvalue weighted by atomic mass is 10.3. The fourth-order valence-corrected chi connectivity index (χ4v) is 1.79. The SMILES string of the molecule is CN(C)S(=O)(=O)c1ccc(N)c(F)c1. The second kappa shape index (κ2) is 3.55. The quantitative estimate of drug-likeness (QED) is 0.742. The van der Waals surface area contributed by atoms with E-state index in [2.05, 4.69) is 0 Å². The summed E-state index contributed by atoms with van der Waals surface area (Å²) in [6.07, 6.45) is 0. The van der Waals surface area contributed by atoms with Gasteiger partial charge in [0.25, 0.3) is 0 Å². The zero-order chi connectivity index (χ0) is 10.9. The number of hydrogen-bond donors (Lipinski definition) is 1. The van der Waals surface area contributed by atoms with Gasteiger partial charge in [-0.25, -0.2) is 17.1 Å². The van der Waals surface area contributed by atoms with Crippen LogP contribution in [0.2, 0.25) is 0 Å². The predicted molar refractivity (Wildman–Crippen MR) is 51.7 cm³/mol. The van der Waals surface area contributed by atoms with Gasteiger partial charge in [0.05, 0.1) is 10.6 Å². The van der Waals surface area contributed by atoms with Crippen molar-refractivity contribution in [2.75, 3.05) is 19.8 Å². The van der Waals surface area contributed by atoms with E-state index >= 15 is 0 Å². The molecule has 0 aliphatic carbocycles. The van der Waals surface area contributed by atoms with E-state index in [1.165, 1.54) is 26.2 Å². The smallest absolute Gasteiger partial charge is 0.242 e. The Balaban J connectivity index is 3.29. The van der Waals surface area contributed by atoms with Crippen molar-refractivity contribution in [3.05, 3.63) is 24.0 Å². The summed E-state index contributed by atoms with van der Waals surface area (Å²) in [5.74, 6) is -0.729. The fraction of sp³-hybridized carbons (Fsp3) is 0.250. The van der Waals surface area contributed by atoms with Crippen LogP contribution in [-0.2, 0) is 10.0 Å². The fourth-order valence-electron chi connectivity index (χ4n) is 0.879. The van der Waals surface area contributed by atoms with Gasteiger partial charge in [-0.15, -0.1) is 0 Å². The second-order valence-electron chi connectivity index (χ2n) is 2.97. The van der Waals surface area contributed by atoms with Gasteiger partial charge in [-0.2, -0.15) is 0 Å². The highest BCUT2D eigenvalue weighted by Crippen LogP contribution is 2.18. The first kappa shape index (κ1) is 10.9. The molecule has 1 rings (SSSR count). The molecule has 2 N–H and O–H groups in total. The molecule has 0 heterocycles. The van der Waals surface area contributed by atoms with Crippen LogP contribution >= 0.6 is 0 Å². The number of hydrogen-bond acceptors (Lipinski definition) is 3. The largest absolute Gasteiger partial charge is 0.396 e. The summed E-state index contributed by atoms with van der Waals surface area (Å²) in [6, 6.07) is 3.41. The van der Waals surface area contributed by atoms with Gasteiger partial charge in [-0.3, -0.25) is 0 Å². The Morgan fingerprint density at radius 1 is 1.36 bits per heavy atom. The Labute approximate surface area is 82.2 Å². The van der Waals surface area contributed by atoms with Crippen molar-refractivity contribution in [1.82, 2.24) is 4.31 Å². The molecule has 6 heteroatoms. The molecule has 1 aromatic carbocycles. The molecule has 0 saturated carbocycles. The lowest BCUT2D eigenvalue weighted by molar-refractivity contribution is 0.519. The van der Waals surface area contributed by atoms with Crippen LogP contribution in [0.5, 0.6) is 0 Å². The van der Waals surface area contributed by atoms with Crippen molar-refractivity contribution < 1.29 is 12.8 Å². The van der Waals surface area contributed by atoms with Crippen molar-refractivity contribution in [2.45, 2.75) is 4.90 Å². The van der Waals surface area contributed by atoms with Crippen molar-refractivity contribution in [2.24, 2.45) is 0 Å². The van der Waals surface area contributed by atoms with Gasteiger partial charge in [0.2, 0.25) is 10.0 Å². The third-order valence-electron chi connectivity index (χ3n) is 1.75. The van der Waals surface area contributed by atoms with E-state index in [0.29, 0.717) is 0 Å². The summed E-state index contributed by atoms with van der Waals surface area (Å²) in [7, 11) is -0.821. The van der Waals surface area contributed by atoms with Gasteiger partial charge in [-0.1, -0.05) is 0 Å². The normalized spacial score (nSPS) is 12.0. The van der Waals surface area contributed by atoms with Gasteiger partial charge < -0.3 is 5.73 Å². The van der Waals surface area contributed by atoms with E-state index in [9.17, 15) is 12.8 Å². The number of rotatable bonds is 2. The third-order valence-corrected chi connectivity index (χ3v) is 3.56. The Bertz CT molecular complexity index is 443. The summed E-state index contributed by atoms with van der Waals surface area (Å²) < 4.78 is 37.0. The maximum absolute atomic E-state index is 13.0. The number of benzene rings is 1. The molecular weight excluding hydrogens is 207 g/mol. The summed E-state index contributed by atoms with van der Waals surface area (Å²) in [4.78, 5) is -0.103. The maximum atomic E-state index is 13.0. The monoisotopic (exact) mass is 218 g/mol. The van der Waals surface area contributed by atoms with Gasteiger partial charge in [-0.05, 0) is 18.2 Å². The molecule has 0 radical (unpaired) electrons. The number of halogens is 1. The summed E-state index contributed by atoms with van der Waals surface area (Å²) >= 11 is 0. The molecule has 0 saturated heterocycles. The Kier molecular flexibility index (Phi) is 2.77. The highest BCUT2D eigenvalue weighted by molar-refractivity contribution is 7.89. The second-order valence-corrected chi connectivity index (χ2v) is 5.12. The number of nitrogens with two attached hydrogens (primary N) is 1. The van der Waals surface area contributed by atoms with E-state index in [-0.39, 0.29) is 10.6 Å². The molecule has 0 spiro atoms. The molecule has 0 bridgehead atoms. The molecule has 0 aliphatic rings. The van der Waals surface area contributed by atoms with Gasteiger partial charge >= 0.3 is 0 Å². The minimum Gasteiger partial charge on any atom is -0.396 e. The van der Waals surface area contributed by atoms with E-state index in [1.807, 2.05) is 0 Å². The van der Waals surface area contributed by atoms with Crippen LogP contribution < -0.4 is 5.73 Å². The number of anilines is 1. The minimum absolute atomic E-state index is 0.0669. The van der Waals surface area contributed by atoms with Crippen molar-refractivity contribution in [1.29, 1.82) is 0 Å². The van der Waals surface area contributed by atoms with E-state index in [0.717, 1.165) is 10.4 Å². The minimum atomic E-state index is -3.58. The Hall–Kier alpha value is -1.14. The molecule has 4 nitrogen and oxygen atoms in total. The first-order chi connectivity index (χ1) is 6.35. The topological polar surface area (TPSA) is 63.4 Å². The molecule has 0 fully saturated rings. The van der Waals surface area contributed by atoms with E-state index < -0.39 is 15.8 Å². The van der Waals surface area contributed by atoms with Crippen LogP contribution in [-0.4, -0.2) is 26.8 Å². The van der Waals surface area contributed by atoms with Crippen LogP contribution in [0.4, 0.5) is 10.1 Å². The zero-order valence-corrected chi connectivity index (χ0v) is 8.68. The number of nitrogen functional groups attached to an aromatic ring is 1. The Morgan fingerprint density at radius 2 is 1.93 bits per heavy atom. The van der Waals surface area contributed by atoms with Crippen LogP contribution in [0.3, 0.4) is 0 Å². The average Bonchev–Trinajstić information content (AvgIpc) is 2.09. The maximum Gasteiger partial charge on any atom is 0.242 e. The molecule has 1 aromatic rings. The van der Waals surface area contributed by atoms with Gasteiger partial charge in [0.1, 0.15) is 5.82 Å². The van der Waals surface area contributed by atoms with Crippen molar-refractivity contribution in [3.8, 4) is 0 Å². The van der Waals surface area contributed by atoms with E-state index in [1.54, 1.807) is 0 Å². The van der Waals surface area contributed by atoms with Gasteiger partial charge in [0.15, 0.2) is 0 Å². The van der Waals surface area contributed by atoms with Crippen LogP contribution in [0.15, 0.2) is 23.1 Å². The third kappa shape index (κ3) is 1.85. The molecule has 0 amide bonds. The molecule has 78 valence electrons.